The zero-order chi connectivity index (χ0) is 15.0. The first kappa shape index (κ1) is 17.6. The minimum atomic E-state index is 0.0219. The molecule has 0 heterocycles. The molecule has 0 aromatic heterocycles. The van der Waals surface area contributed by atoms with Crippen LogP contribution in [-0.4, -0.2) is 22.8 Å². The van der Waals surface area contributed by atoms with Crippen LogP contribution in [0.3, 0.4) is 0 Å². The summed E-state index contributed by atoms with van der Waals surface area (Å²) in [5.74, 6) is 1.77. The van der Waals surface area contributed by atoms with Crippen LogP contribution >= 0.6 is 21.6 Å². The van der Waals surface area contributed by atoms with Crippen LogP contribution in [0.4, 0.5) is 0 Å². The molecule has 1 aromatic rings. The Labute approximate surface area is 130 Å². The molecule has 0 bridgehead atoms. The van der Waals surface area contributed by atoms with Gasteiger partial charge in [-0.15, -0.1) is 0 Å². The van der Waals surface area contributed by atoms with Crippen LogP contribution in [0.25, 0.3) is 0 Å². The Morgan fingerprint density at radius 3 is 2.45 bits per heavy atom. The van der Waals surface area contributed by atoms with Crippen molar-refractivity contribution in [3.8, 4) is 0 Å². The topological polar surface area (TPSA) is 43.1 Å². The van der Waals surface area contributed by atoms with E-state index in [4.69, 9.17) is 5.73 Å². The zero-order valence-corrected chi connectivity index (χ0v) is 14.2. The number of carbonyl (C=O) groups is 1. The third-order valence-corrected chi connectivity index (χ3v) is 5.90. The van der Waals surface area contributed by atoms with Gasteiger partial charge in [-0.1, -0.05) is 65.8 Å². The van der Waals surface area contributed by atoms with Crippen molar-refractivity contribution in [2.24, 2.45) is 11.7 Å². The molecule has 112 valence electrons. The minimum Gasteiger partial charge on any atom is -0.327 e. The Bertz CT molecular complexity index is 395. The van der Waals surface area contributed by atoms with Gasteiger partial charge in [-0.2, -0.15) is 0 Å². The first-order valence-electron chi connectivity index (χ1n) is 7.07. The lowest BCUT2D eigenvalue weighted by molar-refractivity contribution is -0.116. The molecule has 0 saturated heterocycles. The van der Waals surface area contributed by atoms with E-state index in [9.17, 15) is 4.79 Å². The zero-order valence-electron chi connectivity index (χ0n) is 12.5. The summed E-state index contributed by atoms with van der Waals surface area (Å²) in [6.45, 7) is 6.05. The van der Waals surface area contributed by atoms with E-state index < -0.39 is 0 Å². The quantitative estimate of drug-likeness (QED) is 0.701. The maximum absolute atomic E-state index is 11.7. The predicted octanol–water partition coefficient (Wildman–Crippen LogP) is 3.94. The van der Waals surface area contributed by atoms with Gasteiger partial charge >= 0.3 is 0 Å². The fourth-order valence-electron chi connectivity index (χ4n) is 1.96. The molecule has 2 N–H and O–H groups in total. The number of nitrogens with two attached hydrogens (primary N) is 1. The Kier molecular flexibility index (Phi) is 8.34. The SMILES string of the molecule is CC(=O)C(Cc1ccccc1)SSCC(N)CC(C)C. The number of hydrogen-bond acceptors (Lipinski definition) is 4. The van der Waals surface area contributed by atoms with Gasteiger partial charge in [0.2, 0.25) is 0 Å². The van der Waals surface area contributed by atoms with Crippen molar-refractivity contribution in [2.75, 3.05) is 5.75 Å². The van der Waals surface area contributed by atoms with E-state index in [-0.39, 0.29) is 17.1 Å². The number of ketones is 1. The van der Waals surface area contributed by atoms with Gasteiger partial charge in [-0.3, -0.25) is 4.79 Å². The molecule has 1 rings (SSSR count). The minimum absolute atomic E-state index is 0.0219. The maximum Gasteiger partial charge on any atom is 0.143 e. The van der Waals surface area contributed by atoms with Crippen LogP contribution in [0.2, 0.25) is 0 Å². The van der Waals surface area contributed by atoms with Gasteiger partial charge in [0.05, 0.1) is 5.25 Å². The number of benzene rings is 1. The molecule has 4 heteroatoms. The summed E-state index contributed by atoms with van der Waals surface area (Å²) in [5.41, 5.74) is 7.29. The summed E-state index contributed by atoms with van der Waals surface area (Å²) in [4.78, 5) is 11.7. The second-order valence-corrected chi connectivity index (χ2v) is 8.17. The molecule has 2 nitrogen and oxygen atoms in total. The van der Waals surface area contributed by atoms with Crippen molar-refractivity contribution in [3.05, 3.63) is 35.9 Å². The molecule has 0 fully saturated rings. The van der Waals surface area contributed by atoms with Gasteiger partial charge in [0.1, 0.15) is 5.78 Å². The van der Waals surface area contributed by atoms with Crippen molar-refractivity contribution >= 4 is 27.4 Å². The lowest BCUT2D eigenvalue weighted by Gasteiger charge is -2.16. The number of hydrogen-bond donors (Lipinski definition) is 1. The van der Waals surface area contributed by atoms with E-state index in [2.05, 4.69) is 26.0 Å². The standard InChI is InChI=1S/C16H25NOS2/c1-12(2)9-15(17)11-19-20-16(13(3)18)10-14-7-5-4-6-8-14/h4-8,12,15-16H,9-11,17H2,1-3H3. The van der Waals surface area contributed by atoms with E-state index in [0.717, 1.165) is 18.6 Å². The molecular formula is C16H25NOS2. The van der Waals surface area contributed by atoms with E-state index in [1.807, 2.05) is 18.2 Å². The van der Waals surface area contributed by atoms with Crippen LogP contribution in [0.1, 0.15) is 32.8 Å². The Morgan fingerprint density at radius 2 is 1.90 bits per heavy atom. The van der Waals surface area contributed by atoms with Crippen LogP contribution in [-0.2, 0) is 11.2 Å². The monoisotopic (exact) mass is 311 g/mol. The molecule has 1 aromatic carbocycles. The van der Waals surface area contributed by atoms with Gasteiger partial charge in [-0.05, 0) is 31.2 Å². The predicted molar refractivity (Wildman–Crippen MR) is 92.1 cm³/mol. The second-order valence-electron chi connectivity index (χ2n) is 5.56. The molecule has 20 heavy (non-hydrogen) atoms. The van der Waals surface area contributed by atoms with Crippen molar-refractivity contribution in [1.29, 1.82) is 0 Å². The summed E-state index contributed by atoms with van der Waals surface area (Å²) >= 11 is 0. The Hall–Kier alpha value is -0.450. The molecule has 0 saturated carbocycles. The maximum atomic E-state index is 11.7. The molecular weight excluding hydrogens is 286 g/mol. The highest BCUT2D eigenvalue weighted by Gasteiger charge is 2.17. The average Bonchev–Trinajstić information content (AvgIpc) is 2.37. The van der Waals surface area contributed by atoms with Crippen LogP contribution in [0.5, 0.6) is 0 Å². The molecule has 0 aliphatic rings. The summed E-state index contributed by atoms with van der Waals surface area (Å²) in [5, 5.41) is 0.0219. The molecule has 0 amide bonds. The summed E-state index contributed by atoms with van der Waals surface area (Å²) < 4.78 is 0. The van der Waals surface area contributed by atoms with Gasteiger partial charge in [0.15, 0.2) is 0 Å². The van der Waals surface area contributed by atoms with E-state index in [1.54, 1.807) is 28.5 Å². The summed E-state index contributed by atoms with van der Waals surface area (Å²) in [7, 11) is 3.40. The molecule has 0 aliphatic carbocycles. The first-order valence-corrected chi connectivity index (χ1v) is 9.45. The smallest absolute Gasteiger partial charge is 0.143 e. The first-order chi connectivity index (χ1) is 9.49. The lowest BCUT2D eigenvalue weighted by atomic mass is 10.1. The van der Waals surface area contributed by atoms with Crippen LogP contribution in [0.15, 0.2) is 30.3 Å². The highest BCUT2D eigenvalue weighted by molar-refractivity contribution is 8.77. The molecule has 0 spiro atoms. The largest absolute Gasteiger partial charge is 0.327 e. The van der Waals surface area contributed by atoms with Crippen molar-refractivity contribution < 1.29 is 4.79 Å². The third-order valence-electron chi connectivity index (χ3n) is 2.96. The van der Waals surface area contributed by atoms with Crippen molar-refractivity contribution in [3.63, 3.8) is 0 Å². The third kappa shape index (κ3) is 7.36. The van der Waals surface area contributed by atoms with Gasteiger partial charge in [-0.25, -0.2) is 0 Å². The van der Waals surface area contributed by atoms with Crippen LogP contribution < -0.4 is 5.73 Å². The van der Waals surface area contributed by atoms with Crippen molar-refractivity contribution in [1.82, 2.24) is 0 Å². The second kappa shape index (κ2) is 9.48. The molecule has 2 unspecified atom stereocenters. The summed E-state index contributed by atoms with van der Waals surface area (Å²) in [6.07, 6.45) is 1.84. The van der Waals surface area contributed by atoms with Crippen LogP contribution in [0, 0.1) is 5.92 Å². The van der Waals surface area contributed by atoms with E-state index >= 15 is 0 Å². The Morgan fingerprint density at radius 1 is 1.25 bits per heavy atom. The number of rotatable bonds is 9. The Balaban J connectivity index is 2.38. The fraction of sp³-hybridized carbons (Fsp3) is 0.562. The highest BCUT2D eigenvalue weighted by Crippen LogP contribution is 2.30. The molecule has 0 radical (unpaired) electrons. The number of carbonyl (C=O) groups excluding carboxylic acids is 1. The lowest BCUT2D eigenvalue weighted by Crippen LogP contribution is -2.25. The average molecular weight is 312 g/mol. The number of Topliss-reactive ketones (excluding diaryl/α,β-unsaturated/α-hetero) is 1. The molecule has 2 atom stereocenters. The fourth-order valence-corrected chi connectivity index (χ4v) is 4.77. The summed E-state index contributed by atoms with van der Waals surface area (Å²) in [6, 6.07) is 10.4. The van der Waals surface area contributed by atoms with Gasteiger partial charge in [0.25, 0.3) is 0 Å². The molecule has 0 aliphatic heterocycles. The normalized spacial score (nSPS) is 14.2. The highest BCUT2D eigenvalue weighted by atomic mass is 33.1. The van der Waals surface area contributed by atoms with Crippen molar-refractivity contribution in [2.45, 2.75) is 44.9 Å². The van der Waals surface area contributed by atoms with Gasteiger partial charge in [0, 0.05) is 11.8 Å². The van der Waals surface area contributed by atoms with E-state index in [1.165, 1.54) is 5.56 Å². The van der Waals surface area contributed by atoms with Gasteiger partial charge < -0.3 is 5.73 Å². The van der Waals surface area contributed by atoms with E-state index in [0.29, 0.717) is 5.92 Å².